The first-order valence-corrected chi connectivity index (χ1v) is 6.61. The lowest BCUT2D eigenvalue weighted by molar-refractivity contribution is 0.176. The molecule has 1 aromatic rings. The third-order valence-corrected chi connectivity index (χ3v) is 3.51. The van der Waals surface area contributed by atoms with Crippen LogP contribution in [-0.2, 0) is 4.74 Å². The van der Waals surface area contributed by atoms with Gasteiger partial charge < -0.3 is 10.1 Å². The average Bonchev–Trinajstić information content (AvgIpc) is 2.85. The quantitative estimate of drug-likeness (QED) is 0.878. The fraction of sp³-hybridized carbons (Fsp3) is 0.615. The highest BCUT2D eigenvalue weighted by molar-refractivity contribution is 6.31. The summed E-state index contributed by atoms with van der Waals surface area (Å²) in [4.78, 5) is 4.04. The van der Waals surface area contributed by atoms with Crippen molar-refractivity contribution in [1.82, 2.24) is 10.3 Å². The van der Waals surface area contributed by atoms with Crippen molar-refractivity contribution >= 4 is 11.6 Å². The molecule has 1 fully saturated rings. The largest absolute Gasteiger partial charge is 0.381 e. The van der Waals surface area contributed by atoms with Crippen LogP contribution in [0.1, 0.15) is 31.4 Å². The van der Waals surface area contributed by atoms with E-state index in [0.717, 1.165) is 43.2 Å². The summed E-state index contributed by atoms with van der Waals surface area (Å²) in [6.07, 6.45) is 5.73. The van der Waals surface area contributed by atoms with E-state index in [-0.39, 0.29) is 6.04 Å². The van der Waals surface area contributed by atoms with Crippen molar-refractivity contribution in [3.63, 3.8) is 0 Å². The van der Waals surface area contributed by atoms with E-state index in [1.165, 1.54) is 0 Å². The van der Waals surface area contributed by atoms with Crippen molar-refractivity contribution in [2.24, 2.45) is 5.92 Å². The van der Waals surface area contributed by atoms with Gasteiger partial charge in [-0.25, -0.2) is 0 Å². The first-order chi connectivity index (χ1) is 8.33. The van der Waals surface area contributed by atoms with Gasteiger partial charge >= 0.3 is 0 Å². The van der Waals surface area contributed by atoms with E-state index >= 15 is 0 Å². The molecule has 94 valence electrons. The molecular weight excluding hydrogens is 236 g/mol. The van der Waals surface area contributed by atoms with Crippen molar-refractivity contribution < 1.29 is 4.74 Å². The summed E-state index contributed by atoms with van der Waals surface area (Å²) >= 11 is 6.23. The molecule has 17 heavy (non-hydrogen) atoms. The van der Waals surface area contributed by atoms with Crippen LogP contribution in [0, 0.1) is 5.92 Å². The Morgan fingerprint density at radius 2 is 2.53 bits per heavy atom. The highest BCUT2D eigenvalue weighted by atomic mass is 35.5. The molecule has 4 heteroatoms. The lowest BCUT2D eigenvalue weighted by atomic mass is 9.93. The maximum absolute atomic E-state index is 6.23. The molecule has 0 aliphatic carbocycles. The lowest BCUT2D eigenvalue weighted by Gasteiger charge is -2.24. The summed E-state index contributed by atoms with van der Waals surface area (Å²) in [5.74, 6) is 0.515. The zero-order chi connectivity index (χ0) is 12.1. The second-order valence-corrected chi connectivity index (χ2v) is 4.86. The normalized spacial score (nSPS) is 21.6. The van der Waals surface area contributed by atoms with E-state index < -0.39 is 0 Å². The number of halogens is 1. The van der Waals surface area contributed by atoms with E-state index in [1.54, 1.807) is 12.4 Å². The monoisotopic (exact) mass is 254 g/mol. The number of rotatable bonds is 5. The van der Waals surface area contributed by atoms with Crippen molar-refractivity contribution in [3.05, 3.63) is 29.0 Å². The molecule has 1 aromatic heterocycles. The second-order valence-electron chi connectivity index (χ2n) is 4.45. The van der Waals surface area contributed by atoms with Crippen LogP contribution >= 0.6 is 11.6 Å². The van der Waals surface area contributed by atoms with Crippen LogP contribution in [0.15, 0.2) is 18.5 Å². The summed E-state index contributed by atoms with van der Waals surface area (Å²) in [5.41, 5.74) is 1.14. The summed E-state index contributed by atoms with van der Waals surface area (Å²) in [7, 11) is 0. The zero-order valence-electron chi connectivity index (χ0n) is 10.2. The number of aromatic nitrogens is 1. The van der Waals surface area contributed by atoms with Crippen molar-refractivity contribution in [2.45, 2.75) is 25.8 Å². The van der Waals surface area contributed by atoms with Crippen LogP contribution in [-0.4, -0.2) is 24.7 Å². The summed E-state index contributed by atoms with van der Waals surface area (Å²) in [6.45, 7) is 4.85. The molecule has 2 unspecified atom stereocenters. The van der Waals surface area contributed by atoms with Crippen molar-refractivity contribution in [2.75, 3.05) is 19.8 Å². The molecule has 2 atom stereocenters. The predicted octanol–water partition coefficient (Wildman–Crippen LogP) is 2.81. The summed E-state index contributed by atoms with van der Waals surface area (Å²) in [6, 6.07) is 2.29. The molecule has 1 saturated heterocycles. The van der Waals surface area contributed by atoms with Gasteiger partial charge in [0.2, 0.25) is 0 Å². The van der Waals surface area contributed by atoms with Crippen molar-refractivity contribution in [1.29, 1.82) is 0 Å². The Morgan fingerprint density at radius 3 is 3.18 bits per heavy atom. The molecule has 0 aromatic carbocycles. The minimum absolute atomic E-state index is 0.285. The van der Waals surface area contributed by atoms with Crippen LogP contribution < -0.4 is 5.32 Å². The SMILES string of the molecule is CCCNC(c1ccncc1Cl)C1CCOC1. The maximum Gasteiger partial charge on any atom is 0.0637 e. The Balaban J connectivity index is 2.16. The number of hydrogen-bond acceptors (Lipinski definition) is 3. The van der Waals surface area contributed by atoms with Crippen LogP contribution in [0.2, 0.25) is 5.02 Å². The Kier molecular flexibility index (Phi) is 4.77. The second kappa shape index (κ2) is 6.34. The van der Waals surface area contributed by atoms with E-state index in [2.05, 4.69) is 17.2 Å². The molecule has 0 radical (unpaired) electrons. The Hall–Kier alpha value is -0.640. The van der Waals surface area contributed by atoms with Crippen molar-refractivity contribution in [3.8, 4) is 0 Å². The molecule has 0 amide bonds. The molecule has 1 aliphatic rings. The molecule has 0 bridgehead atoms. The van der Waals surface area contributed by atoms with Gasteiger partial charge in [-0.05, 0) is 31.0 Å². The predicted molar refractivity (Wildman–Crippen MR) is 69.2 cm³/mol. The van der Waals surface area contributed by atoms with Gasteiger partial charge in [-0.15, -0.1) is 0 Å². The number of hydrogen-bond donors (Lipinski definition) is 1. The Labute approximate surface area is 108 Å². The van der Waals surface area contributed by atoms with E-state index in [0.29, 0.717) is 5.92 Å². The minimum Gasteiger partial charge on any atom is -0.381 e. The number of pyridine rings is 1. The third kappa shape index (κ3) is 3.18. The van der Waals surface area contributed by atoms with Gasteiger partial charge in [-0.3, -0.25) is 4.98 Å². The topological polar surface area (TPSA) is 34.2 Å². The Bertz CT molecular complexity index is 353. The third-order valence-electron chi connectivity index (χ3n) is 3.19. The van der Waals surface area contributed by atoms with Gasteiger partial charge in [-0.2, -0.15) is 0 Å². The molecule has 2 heterocycles. The molecular formula is C13H19ClN2O. The average molecular weight is 255 g/mol. The van der Waals surface area contributed by atoms with Gasteiger partial charge in [0.1, 0.15) is 0 Å². The van der Waals surface area contributed by atoms with Crippen LogP contribution in [0.3, 0.4) is 0 Å². The van der Waals surface area contributed by atoms with Crippen LogP contribution in [0.25, 0.3) is 0 Å². The fourth-order valence-corrected chi connectivity index (χ4v) is 2.52. The highest BCUT2D eigenvalue weighted by Gasteiger charge is 2.27. The van der Waals surface area contributed by atoms with Crippen LogP contribution in [0.4, 0.5) is 0 Å². The summed E-state index contributed by atoms with van der Waals surface area (Å²) in [5, 5.41) is 4.32. The van der Waals surface area contributed by atoms with Gasteiger partial charge in [-0.1, -0.05) is 18.5 Å². The Morgan fingerprint density at radius 1 is 1.65 bits per heavy atom. The first kappa shape index (κ1) is 12.8. The fourth-order valence-electron chi connectivity index (χ4n) is 2.28. The number of ether oxygens (including phenoxy) is 1. The molecule has 0 spiro atoms. The van der Waals surface area contributed by atoms with E-state index in [1.807, 2.05) is 6.07 Å². The molecule has 0 saturated carbocycles. The number of nitrogens with one attached hydrogen (secondary N) is 1. The molecule has 1 aliphatic heterocycles. The summed E-state index contributed by atoms with van der Waals surface area (Å²) < 4.78 is 5.48. The van der Waals surface area contributed by atoms with Gasteiger partial charge in [0, 0.05) is 31.0 Å². The van der Waals surface area contributed by atoms with Gasteiger partial charge in [0.15, 0.2) is 0 Å². The smallest absolute Gasteiger partial charge is 0.0637 e. The maximum atomic E-state index is 6.23. The highest BCUT2D eigenvalue weighted by Crippen LogP contribution is 2.32. The molecule has 3 nitrogen and oxygen atoms in total. The van der Waals surface area contributed by atoms with E-state index in [9.17, 15) is 0 Å². The lowest BCUT2D eigenvalue weighted by Crippen LogP contribution is -2.29. The van der Waals surface area contributed by atoms with Gasteiger partial charge in [0.05, 0.1) is 11.6 Å². The zero-order valence-corrected chi connectivity index (χ0v) is 10.9. The number of nitrogens with zero attached hydrogens (tertiary/aromatic N) is 1. The molecule has 2 rings (SSSR count). The van der Waals surface area contributed by atoms with Gasteiger partial charge in [0.25, 0.3) is 0 Å². The molecule has 1 N–H and O–H groups in total. The van der Waals surface area contributed by atoms with E-state index in [4.69, 9.17) is 16.3 Å². The standard InChI is InChI=1S/C13H19ClN2O/c1-2-5-16-13(10-4-7-17-9-10)11-3-6-15-8-12(11)14/h3,6,8,10,13,16H,2,4-5,7,9H2,1H3. The first-order valence-electron chi connectivity index (χ1n) is 6.23. The minimum atomic E-state index is 0.285. The van der Waals surface area contributed by atoms with Crippen LogP contribution in [0.5, 0.6) is 0 Å².